The second kappa shape index (κ2) is 8.66. The molecule has 4 aromatic rings. The molecule has 0 spiro atoms. The molecule has 5 rings (SSSR count). The molecule has 0 aliphatic carbocycles. The summed E-state index contributed by atoms with van der Waals surface area (Å²) in [6.45, 7) is 0.976. The standard InChI is InChI=1S/C24H22FN5O2/c25-17-6-1-4-10-21(17)32-22-14-16(11-12-26-22)15-27-24(31)30-13-5-9-20(30)23-28-18-7-2-3-8-19(18)29-23/h1-4,6-8,10-12,14,20H,5,9,13,15H2,(H,27,31)(H,28,29). The van der Waals surface area contributed by atoms with Gasteiger partial charge in [0.25, 0.3) is 0 Å². The van der Waals surface area contributed by atoms with Crippen LogP contribution in [-0.4, -0.2) is 32.4 Å². The number of nitrogens with one attached hydrogen (secondary N) is 2. The second-order valence-corrected chi connectivity index (χ2v) is 7.68. The Labute approximate surface area is 184 Å². The first kappa shape index (κ1) is 20.0. The third-order valence-electron chi connectivity index (χ3n) is 5.53. The summed E-state index contributed by atoms with van der Waals surface area (Å²) < 4.78 is 19.4. The third kappa shape index (κ3) is 4.12. The number of carbonyl (C=O) groups excluding carboxylic acids is 1. The van der Waals surface area contributed by atoms with Crippen molar-refractivity contribution in [3.8, 4) is 11.6 Å². The zero-order valence-electron chi connectivity index (χ0n) is 17.3. The molecule has 1 atom stereocenters. The SMILES string of the molecule is O=C(NCc1ccnc(Oc2ccccc2F)c1)N1CCCC1c1nc2ccccc2[nH]1. The van der Waals surface area contributed by atoms with E-state index in [0.29, 0.717) is 13.1 Å². The van der Waals surface area contributed by atoms with Crippen molar-refractivity contribution in [1.82, 2.24) is 25.2 Å². The molecule has 1 aliphatic heterocycles. The first-order chi connectivity index (χ1) is 15.7. The Bertz CT molecular complexity index is 1220. The fraction of sp³-hybridized carbons (Fsp3) is 0.208. The maximum Gasteiger partial charge on any atom is 0.318 e. The van der Waals surface area contributed by atoms with E-state index in [0.717, 1.165) is 35.3 Å². The Balaban J connectivity index is 1.24. The van der Waals surface area contributed by atoms with Gasteiger partial charge in [0.2, 0.25) is 5.88 Å². The number of urea groups is 1. The number of hydrogen-bond acceptors (Lipinski definition) is 4. The maximum absolute atomic E-state index is 13.8. The second-order valence-electron chi connectivity index (χ2n) is 7.68. The van der Waals surface area contributed by atoms with Crippen molar-refractivity contribution in [2.75, 3.05) is 6.54 Å². The predicted octanol–water partition coefficient (Wildman–Crippen LogP) is 4.94. The van der Waals surface area contributed by atoms with E-state index in [1.54, 1.807) is 30.5 Å². The van der Waals surface area contributed by atoms with E-state index in [1.807, 2.05) is 29.2 Å². The molecule has 3 heterocycles. The van der Waals surface area contributed by atoms with E-state index >= 15 is 0 Å². The van der Waals surface area contributed by atoms with E-state index in [4.69, 9.17) is 4.74 Å². The lowest BCUT2D eigenvalue weighted by atomic mass is 10.2. The number of likely N-dealkylation sites (tertiary alicyclic amines) is 1. The highest BCUT2D eigenvalue weighted by molar-refractivity contribution is 5.77. The van der Waals surface area contributed by atoms with E-state index in [2.05, 4.69) is 20.3 Å². The monoisotopic (exact) mass is 431 g/mol. The van der Waals surface area contributed by atoms with Crippen molar-refractivity contribution in [3.05, 3.63) is 84.1 Å². The number of para-hydroxylation sites is 3. The maximum atomic E-state index is 13.8. The highest BCUT2D eigenvalue weighted by atomic mass is 19.1. The minimum absolute atomic E-state index is 0.0835. The molecule has 2 aromatic heterocycles. The number of aromatic amines is 1. The van der Waals surface area contributed by atoms with Crippen LogP contribution in [0, 0.1) is 5.82 Å². The summed E-state index contributed by atoms with van der Waals surface area (Å²) in [4.78, 5) is 26.9. The zero-order valence-corrected chi connectivity index (χ0v) is 17.3. The first-order valence-corrected chi connectivity index (χ1v) is 10.5. The molecule has 1 unspecified atom stereocenters. The Morgan fingerprint density at radius 2 is 2.03 bits per heavy atom. The number of H-pyrrole nitrogens is 1. The molecule has 0 radical (unpaired) electrons. The van der Waals surface area contributed by atoms with E-state index < -0.39 is 5.82 Å². The summed E-state index contributed by atoms with van der Waals surface area (Å²) >= 11 is 0. The van der Waals surface area contributed by atoms with Crippen LogP contribution in [0.2, 0.25) is 0 Å². The Morgan fingerprint density at radius 3 is 2.91 bits per heavy atom. The van der Waals surface area contributed by atoms with Crippen LogP contribution in [0.5, 0.6) is 11.6 Å². The van der Waals surface area contributed by atoms with Gasteiger partial charge in [-0.15, -0.1) is 0 Å². The van der Waals surface area contributed by atoms with Gasteiger partial charge in [-0.25, -0.2) is 19.2 Å². The van der Waals surface area contributed by atoms with Gasteiger partial charge >= 0.3 is 6.03 Å². The molecule has 1 saturated heterocycles. The van der Waals surface area contributed by atoms with Crippen molar-refractivity contribution < 1.29 is 13.9 Å². The molecule has 2 amide bonds. The van der Waals surface area contributed by atoms with Crippen LogP contribution in [0.25, 0.3) is 11.0 Å². The molecular formula is C24H22FN5O2. The predicted molar refractivity (Wildman–Crippen MR) is 118 cm³/mol. The normalized spacial score (nSPS) is 15.8. The zero-order chi connectivity index (χ0) is 21.9. The molecule has 1 fully saturated rings. The van der Waals surface area contributed by atoms with Gasteiger partial charge in [0, 0.05) is 25.4 Å². The van der Waals surface area contributed by atoms with Crippen molar-refractivity contribution in [3.63, 3.8) is 0 Å². The smallest absolute Gasteiger partial charge is 0.318 e. The van der Waals surface area contributed by atoms with Gasteiger partial charge in [-0.05, 0) is 48.7 Å². The summed E-state index contributed by atoms with van der Waals surface area (Å²) in [7, 11) is 0. The van der Waals surface area contributed by atoms with Gasteiger partial charge in [0.1, 0.15) is 5.82 Å². The average Bonchev–Trinajstić information content (AvgIpc) is 3.46. The van der Waals surface area contributed by atoms with Crippen LogP contribution in [0.15, 0.2) is 66.9 Å². The number of amides is 2. The fourth-order valence-electron chi connectivity index (χ4n) is 3.96. The molecule has 8 heteroatoms. The van der Waals surface area contributed by atoms with Crippen molar-refractivity contribution in [2.45, 2.75) is 25.4 Å². The van der Waals surface area contributed by atoms with E-state index in [9.17, 15) is 9.18 Å². The molecule has 2 N–H and O–H groups in total. The molecule has 7 nitrogen and oxygen atoms in total. The number of pyridine rings is 1. The molecule has 32 heavy (non-hydrogen) atoms. The highest BCUT2D eigenvalue weighted by Crippen LogP contribution is 2.31. The van der Waals surface area contributed by atoms with Crippen molar-refractivity contribution >= 4 is 17.1 Å². The topological polar surface area (TPSA) is 83.1 Å². The Kier molecular flexibility index (Phi) is 5.41. The van der Waals surface area contributed by atoms with Crippen LogP contribution in [-0.2, 0) is 6.54 Å². The third-order valence-corrected chi connectivity index (χ3v) is 5.53. The van der Waals surface area contributed by atoms with Crippen LogP contribution in [0.1, 0.15) is 30.3 Å². The highest BCUT2D eigenvalue weighted by Gasteiger charge is 2.32. The van der Waals surface area contributed by atoms with Gasteiger partial charge in [-0.3, -0.25) is 0 Å². The summed E-state index contributed by atoms with van der Waals surface area (Å²) in [6.07, 6.45) is 3.36. The van der Waals surface area contributed by atoms with Gasteiger partial charge in [0.15, 0.2) is 11.6 Å². The minimum atomic E-state index is -0.460. The van der Waals surface area contributed by atoms with Crippen LogP contribution in [0.3, 0.4) is 0 Å². The number of ether oxygens (including phenoxy) is 1. The van der Waals surface area contributed by atoms with Crippen LogP contribution >= 0.6 is 0 Å². The molecule has 0 saturated carbocycles. The summed E-state index contributed by atoms with van der Waals surface area (Å²) in [5, 5.41) is 2.96. The lowest BCUT2D eigenvalue weighted by Crippen LogP contribution is -2.39. The number of imidazole rings is 1. The number of halogens is 1. The number of rotatable bonds is 5. The summed E-state index contributed by atoms with van der Waals surface area (Å²) in [5.74, 6) is 0.720. The largest absolute Gasteiger partial charge is 0.436 e. The Morgan fingerprint density at radius 1 is 1.19 bits per heavy atom. The number of carbonyl (C=O) groups is 1. The number of nitrogens with zero attached hydrogens (tertiary/aromatic N) is 3. The molecule has 1 aliphatic rings. The molecule has 162 valence electrons. The summed E-state index contributed by atoms with van der Waals surface area (Å²) in [5.41, 5.74) is 2.67. The van der Waals surface area contributed by atoms with Gasteiger partial charge in [-0.1, -0.05) is 24.3 Å². The lowest BCUT2D eigenvalue weighted by Gasteiger charge is -2.23. The number of hydrogen-bond donors (Lipinski definition) is 2. The van der Waals surface area contributed by atoms with Gasteiger partial charge < -0.3 is 19.9 Å². The lowest BCUT2D eigenvalue weighted by molar-refractivity contribution is 0.191. The van der Waals surface area contributed by atoms with Crippen LogP contribution in [0.4, 0.5) is 9.18 Å². The van der Waals surface area contributed by atoms with E-state index in [1.165, 1.54) is 12.1 Å². The average molecular weight is 431 g/mol. The molecule has 2 aromatic carbocycles. The number of benzene rings is 2. The van der Waals surface area contributed by atoms with Gasteiger partial charge in [-0.2, -0.15) is 0 Å². The van der Waals surface area contributed by atoms with Crippen molar-refractivity contribution in [1.29, 1.82) is 0 Å². The fourth-order valence-corrected chi connectivity index (χ4v) is 3.96. The van der Waals surface area contributed by atoms with Gasteiger partial charge in [0.05, 0.1) is 17.1 Å². The summed E-state index contributed by atoms with van der Waals surface area (Å²) in [6, 6.07) is 17.2. The minimum Gasteiger partial charge on any atom is -0.436 e. The number of fused-ring (bicyclic) bond motifs is 1. The first-order valence-electron chi connectivity index (χ1n) is 10.5. The molecule has 0 bridgehead atoms. The quantitative estimate of drug-likeness (QED) is 0.469. The van der Waals surface area contributed by atoms with E-state index in [-0.39, 0.29) is 23.7 Å². The Hall–Kier alpha value is -3.94. The van der Waals surface area contributed by atoms with Crippen molar-refractivity contribution in [2.24, 2.45) is 0 Å². The molecular weight excluding hydrogens is 409 g/mol. The van der Waals surface area contributed by atoms with Crippen LogP contribution < -0.4 is 10.1 Å². The number of aromatic nitrogens is 3.